The van der Waals surface area contributed by atoms with Crippen molar-refractivity contribution >= 4 is 11.8 Å². The number of amides is 2. The van der Waals surface area contributed by atoms with Crippen LogP contribution in [0.3, 0.4) is 0 Å². The van der Waals surface area contributed by atoms with Crippen LogP contribution in [0.2, 0.25) is 0 Å². The predicted molar refractivity (Wildman–Crippen MR) is 90.3 cm³/mol. The molecule has 2 aromatic rings. The highest BCUT2D eigenvalue weighted by molar-refractivity contribution is 5.90. The predicted octanol–water partition coefficient (Wildman–Crippen LogP) is 1.91. The topological polar surface area (TPSA) is 88.3 Å². The fourth-order valence-corrected chi connectivity index (χ4v) is 3.41. The Morgan fingerprint density at radius 1 is 1.36 bits per heavy atom. The molecule has 3 rings (SSSR count). The van der Waals surface area contributed by atoms with E-state index < -0.39 is 5.92 Å². The van der Waals surface area contributed by atoms with E-state index in [-0.39, 0.29) is 30.8 Å². The van der Waals surface area contributed by atoms with Crippen LogP contribution in [0.4, 0.5) is 0 Å². The standard InChI is InChI=1S/C18H22N4O3/c1-4-22-16(23)9-14(17(22)13-8-6-5-7-11(13)2)18(24)19-10-15-20-12(3)21-25-15/h5-8,14,17H,4,9-10H2,1-3H3,(H,19,24)/t14-,17+/m1/s1. The zero-order valence-corrected chi connectivity index (χ0v) is 14.7. The largest absolute Gasteiger partial charge is 0.347 e. The molecule has 1 aromatic carbocycles. The summed E-state index contributed by atoms with van der Waals surface area (Å²) in [5.74, 6) is 0.278. The lowest BCUT2D eigenvalue weighted by Crippen LogP contribution is -2.35. The van der Waals surface area contributed by atoms with Crippen LogP contribution in [0.25, 0.3) is 0 Å². The number of hydrogen-bond donors (Lipinski definition) is 1. The Kier molecular flexibility index (Phi) is 4.83. The molecule has 132 valence electrons. The molecule has 7 heteroatoms. The Hall–Kier alpha value is -2.70. The lowest BCUT2D eigenvalue weighted by atomic mass is 9.90. The van der Waals surface area contributed by atoms with Crippen LogP contribution < -0.4 is 5.32 Å². The summed E-state index contributed by atoms with van der Waals surface area (Å²) in [6, 6.07) is 7.64. The molecule has 1 N–H and O–H groups in total. The van der Waals surface area contributed by atoms with Crippen molar-refractivity contribution in [2.45, 2.75) is 39.8 Å². The Morgan fingerprint density at radius 2 is 2.12 bits per heavy atom. The summed E-state index contributed by atoms with van der Waals surface area (Å²) in [6.45, 7) is 6.39. The smallest absolute Gasteiger partial charge is 0.246 e. The first-order valence-electron chi connectivity index (χ1n) is 8.43. The molecule has 1 saturated heterocycles. The second kappa shape index (κ2) is 7.04. The van der Waals surface area contributed by atoms with Crippen LogP contribution in [-0.2, 0) is 16.1 Å². The van der Waals surface area contributed by atoms with Crippen LogP contribution in [0.1, 0.15) is 42.2 Å². The molecule has 0 radical (unpaired) electrons. The second-order valence-corrected chi connectivity index (χ2v) is 6.24. The third-order valence-electron chi connectivity index (χ3n) is 4.60. The van der Waals surface area contributed by atoms with E-state index in [4.69, 9.17) is 4.52 Å². The molecule has 0 spiro atoms. The van der Waals surface area contributed by atoms with Gasteiger partial charge in [-0.05, 0) is 31.9 Å². The fourth-order valence-electron chi connectivity index (χ4n) is 3.41. The maximum atomic E-state index is 12.7. The van der Waals surface area contributed by atoms with Gasteiger partial charge in [-0.15, -0.1) is 0 Å². The minimum Gasteiger partial charge on any atom is -0.347 e. The van der Waals surface area contributed by atoms with Gasteiger partial charge in [-0.25, -0.2) is 0 Å². The SMILES string of the molecule is CCN1C(=O)C[C@@H](C(=O)NCc2nc(C)no2)[C@@H]1c1ccccc1C. The van der Waals surface area contributed by atoms with Gasteiger partial charge < -0.3 is 14.7 Å². The van der Waals surface area contributed by atoms with E-state index in [1.54, 1.807) is 11.8 Å². The molecular formula is C18H22N4O3. The zero-order chi connectivity index (χ0) is 18.0. The van der Waals surface area contributed by atoms with Crippen LogP contribution in [0, 0.1) is 19.8 Å². The quantitative estimate of drug-likeness (QED) is 0.897. The van der Waals surface area contributed by atoms with Gasteiger partial charge in [0.2, 0.25) is 17.7 Å². The highest BCUT2D eigenvalue weighted by atomic mass is 16.5. The molecule has 0 aliphatic carbocycles. The van der Waals surface area contributed by atoms with E-state index in [1.807, 2.05) is 38.1 Å². The van der Waals surface area contributed by atoms with E-state index in [0.29, 0.717) is 18.3 Å². The van der Waals surface area contributed by atoms with Gasteiger partial charge in [-0.1, -0.05) is 29.4 Å². The molecule has 0 bridgehead atoms. The van der Waals surface area contributed by atoms with E-state index in [2.05, 4.69) is 15.5 Å². The number of nitrogens with one attached hydrogen (secondary N) is 1. The third kappa shape index (κ3) is 3.40. The van der Waals surface area contributed by atoms with Crippen molar-refractivity contribution in [3.63, 3.8) is 0 Å². The average Bonchev–Trinajstić information content (AvgIpc) is 3.16. The first-order valence-corrected chi connectivity index (χ1v) is 8.43. The van der Waals surface area contributed by atoms with Gasteiger partial charge >= 0.3 is 0 Å². The number of benzene rings is 1. The molecule has 1 aliphatic heterocycles. The zero-order valence-electron chi connectivity index (χ0n) is 14.7. The number of carbonyl (C=O) groups is 2. The number of hydrogen-bond acceptors (Lipinski definition) is 5. The number of aromatic nitrogens is 2. The molecule has 7 nitrogen and oxygen atoms in total. The van der Waals surface area contributed by atoms with Crippen molar-refractivity contribution in [1.29, 1.82) is 0 Å². The first-order chi connectivity index (χ1) is 12.0. The van der Waals surface area contributed by atoms with E-state index >= 15 is 0 Å². The minimum absolute atomic E-state index is 0.00420. The van der Waals surface area contributed by atoms with Gasteiger partial charge in [-0.2, -0.15) is 4.98 Å². The number of carbonyl (C=O) groups excluding carboxylic acids is 2. The normalized spacial score (nSPS) is 20.1. The molecular weight excluding hydrogens is 320 g/mol. The molecule has 25 heavy (non-hydrogen) atoms. The number of rotatable bonds is 5. The minimum atomic E-state index is -0.433. The molecule has 1 aromatic heterocycles. The summed E-state index contributed by atoms with van der Waals surface area (Å²) < 4.78 is 5.02. The lowest BCUT2D eigenvalue weighted by molar-refractivity contribution is -0.129. The number of likely N-dealkylation sites (tertiary alicyclic amines) is 1. The second-order valence-electron chi connectivity index (χ2n) is 6.24. The van der Waals surface area contributed by atoms with Crippen molar-refractivity contribution < 1.29 is 14.1 Å². The molecule has 2 atom stereocenters. The summed E-state index contributed by atoms with van der Waals surface area (Å²) in [5.41, 5.74) is 2.09. The van der Waals surface area contributed by atoms with Crippen molar-refractivity contribution in [2.24, 2.45) is 5.92 Å². The lowest BCUT2D eigenvalue weighted by Gasteiger charge is -2.28. The van der Waals surface area contributed by atoms with Crippen molar-refractivity contribution in [2.75, 3.05) is 6.54 Å². The molecule has 1 aliphatic rings. The Morgan fingerprint density at radius 3 is 2.76 bits per heavy atom. The maximum Gasteiger partial charge on any atom is 0.246 e. The summed E-state index contributed by atoms with van der Waals surface area (Å²) in [6.07, 6.45) is 0.210. The summed E-state index contributed by atoms with van der Waals surface area (Å²) >= 11 is 0. The van der Waals surface area contributed by atoms with E-state index in [1.165, 1.54) is 0 Å². The molecule has 0 unspecified atom stereocenters. The van der Waals surface area contributed by atoms with Gasteiger partial charge in [0.15, 0.2) is 5.82 Å². The van der Waals surface area contributed by atoms with Crippen molar-refractivity contribution in [3.8, 4) is 0 Å². The molecule has 2 heterocycles. The molecule has 1 fully saturated rings. The van der Waals surface area contributed by atoms with E-state index in [0.717, 1.165) is 11.1 Å². The monoisotopic (exact) mass is 342 g/mol. The van der Waals surface area contributed by atoms with Crippen molar-refractivity contribution in [3.05, 3.63) is 47.1 Å². The summed E-state index contributed by atoms with van der Waals surface area (Å²) in [4.78, 5) is 31.0. The Balaban J connectivity index is 1.81. The fraction of sp³-hybridized carbons (Fsp3) is 0.444. The van der Waals surface area contributed by atoms with Gasteiger partial charge in [0, 0.05) is 13.0 Å². The van der Waals surface area contributed by atoms with Gasteiger partial charge in [-0.3, -0.25) is 9.59 Å². The van der Waals surface area contributed by atoms with Crippen LogP contribution in [-0.4, -0.2) is 33.4 Å². The Bertz CT molecular complexity index is 786. The highest BCUT2D eigenvalue weighted by Crippen LogP contribution is 2.39. The number of nitrogens with zero attached hydrogens (tertiary/aromatic N) is 3. The van der Waals surface area contributed by atoms with Crippen LogP contribution in [0.15, 0.2) is 28.8 Å². The maximum absolute atomic E-state index is 12.7. The molecule has 0 saturated carbocycles. The third-order valence-corrected chi connectivity index (χ3v) is 4.60. The van der Waals surface area contributed by atoms with Crippen LogP contribution in [0.5, 0.6) is 0 Å². The van der Waals surface area contributed by atoms with Gasteiger partial charge in [0.25, 0.3) is 0 Å². The van der Waals surface area contributed by atoms with Gasteiger partial charge in [0.05, 0.1) is 18.5 Å². The summed E-state index contributed by atoms with van der Waals surface area (Å²) in [5, 5.41) is 6.53. The van der Waals surface area contributed by atoms with Crippen LogP contribution >= 0.6 is 0 Å². The summed E-state index contributed by atoms with van der Waals surface area (Å²) in [7, 11) is 0. The Labute approximate surface area is 146 Å². The first kappa shape index (κ1) is 17.1. The highest BCUT2D eigenvalue weighted by Gasteiger charge is 2.44. The molecule has 2 amide bonds. The van der Waals surface area contributed by atoms with Crippen molar-refractivity contribution in [1.82, 2.24) is 20.4 Å². The number of aryl methyl sites for hydroxylation is 2. The van der Waals surface area contributed by atoms with Gasteiger partial charge in [0.1, 0.15) is 0 Å². The van der Waals surface area contributed by atoms with E-state index in [9.17, 15) is 9.59 Å². The average molecular weight is 342 g/mol.